The molecular weight excluding hydrogens is 404 g/mol. The van der Waals surface area contributed by atoms with Gasteiger partial charge in [-0.15, -0.1) is 0 Å². The second-order valence-corrected chi connectivity index (χ2v) is 6.99. The van der Waals surface area contributed by atoms with Crippen molar-refractivity contribution in [2.75, 3.05) is 23.6 Å². The Labute approximate surface area is 137 Å². The second kappa shape index (κ2) is 8.86. The Balaban J connectivity index is 0.00000324. The van der Waals surface area contributed by atoms with E-state index in [1.54, 1.807) is 0 Å². The number of halogens is 3. The SMILES string of the molecule is C[S+](C)CCC(Nc1cc(F)cc(Cl)c1)C(=O)O.[I-]. The van der Waals surface area contributed by atoms with Gasteiger partial charge in [0.25, 0.3) is 0 Å². The first-order valence-electron chi connectivity index (χ1n) is 5.38. The molecule has 1 aromatic rings. The average molecular weight is 420 g/mol. The zero-order valence-electron chi connectivity index (χ0n) is 10.6. The van der Waals surface area contributed by atoms with Crippen LogP contribution in [0.25, 0.3) is 0 Å². The van der Waals surface area contributed by atoms with Crippen LogP contribution in [0.4, 0.5) is 10.1 Å². The minimum Gasteiger partial charge on any atom is -1.00 e. The molecule has 0 heterocycles. The smallest absolute Gasteiger partial charge is 0.326 e. The minimum absolute atomic E-state index is 0. The lowest BCUT2D eigenvalue weighted by molar-refractivity contribution is -0.137. The second-order valence-electron chi connectivity index (χ2n) is 4.17. The number of carbonyl (C=O) groups is 1. The molecule has 1 atom stereocenters. The van der Waals surface area contributed by atoms with E-state index >= 15 is 0 Å². The van der Waals surface area contributed by atoms with Gasteiger partial charge in [0.2, 0.25) is 0 Å². The van der Waals surface area contributed by atoms with E-state index in [-0.39, 0.29) is 39.9 Å². The number of anilines is 1. The Hall–Kier alpha value is -0.210. The highest BCUT2D eigenvalue weighted by atomic mass is 127. The molecule has 0 fully saturated rings. The summed E-state index contributed by atoms with van der Waals surface area (Å²) in [7, 11) is 0.177. The summed E-state index contributed by atoms with van der Waals surface area (Å²) in [4.78, 5) is 11.1. The maximum absolute atomic E-state index is 13.1. The van der Waals surface area contributed by atoms with Crippen molar-refractivity contribution in [3.63, 3.8) is 0 Å². The number of hydrogen-bond acceptors (Lipinski definition) is 2. The van der Waals surface area contributed by atoms with Crippen molar-refractivity contribution in [1.82, 2.24) is 0 Å². The lowest BCUT2D eigenvalue weighted by atomic mass is 10.2. The summed E-state index contributed by atoms with van der Waals surface area (Å²) >= 11 is 5.71. The highest BCUT2D eigenvalue weighted by Gasteiger charge is 2.20. The van der Waals surface area contributed by atoms with Crippen LogP contribution in [-0.4, -0.2) is 35.4 Å². The Bertz CT molecular complexity index is 414. The van der Waals surface area contributed by atoms with Gasteiger partial charge in [0.15, 0.2) is 0 Å². The van der Waals surface area contributed by atoms with Crippen molar-refractivity contribution in [2.45, 2.75) is 12.5 Å². The first kappa shape index (κ1) is 18.8. The van der Waals surface area contributed by atoms with Crippen molar-refractivity contribution in [2.24, 2.45) is 0 Å². The summed E-state index contributed by atoms with van der Waals surface area (Å²) in [5.74, 6) is -0.617. The van der Waals surface area contributed by atoms with E-state index in [0.29, 0.717) is 12.1 Å². The van der Waals surface area contributed by atoms with Crippen LogP contribution in [-0.2, 0) is 15.7 Å². The highest BCUT2D eigenvalue weighted by Crippen LogP contribution is 2.19. The summed E-state index contributed by atoms with van der Waals surface area (Å²) in [5, 5.41) is 12.1. The van der Waals surface area contributed by atoms with Gasteiger partial charge in [0.1, 0.15) is 17.6 Å². The fourth-order valence-corrected chi connectivity index (χ4v) is 2.38. The standard InChI is InChI=1S/C12H15ClFNO2S.HI/c1-18(2)4-3-11(12(16)17)15-10-6-8(13)5-9(14)7-10;/h5-7,11,15H,3-4H2,1-2H3;1H. The highest BCUT2D eigenvalue weighted by molar-refractivity contribution is 7.95. The predicted molar refractivity (Wildman–Crippen MR) is 75.2 cm³/mol. The van der Waals surface area contributed by atoms with Crippen LogP contribution in [0.15, 0.2) is 18.2 Å². The lowest BCUT2D eigenvalue weighted by Gasteiger charge is -2.15. The molecule has 3 nitrogen and oxygen atoms in total. The summed E-state index contributed by atoms with van der Waals surface area (Å²) in [6.07, 6.45) is 4.61. The van der Waals surface area contributed by atoms with Crippen LogP contribution in [0, 0.1) is 5.82 Å². The fraction of sp³-hybridized carbons (Fsp3) is 0.417. The molecule has 1 rings (SSSR count). The molecule has 0 amide bonds. The van der Waals surface area contributed by atoms with Crippen LogP contribution in [0.5, 0.6) is 0 Å². The molecule has 7 heteroatoms. The molecule has 19 heavy (non-hydrogen) atoms. The van der Waals surface area contributed by atoms with E-state index in [2.05, 4.69) is 17.8 Å². The Morgan fingerprint density at radius 1 is 1.47 bits per heavy atom. The molecule has 2 N–H and O–H groups in total. The fourth-order valence-electron chi connectivity index (χ4n) is 1.45. The number of carboxylic acid groups (broad SMARTS) is 1. The van der Waals surface area contributed by atoms with Crippen LogP contribution < -0.4 is 29.3 Å². The van der Waals surface area contributed by atoms with Crippen molar-refractivity contribution in [1.29, 1.82) is 0 Å². The summed E-state index contributed by atoms with van der Waals surface area (Å²) in [6.45, 7) is 0. The lowest BCUT2D eigenvalue weighted by Crippen LogP contribution is -3.00. The third kappa shape index (κ3) is 7.22. The number of aliphatic carboxylic acids is 1. The first-order chi connectivity index (χ1) is 8.38. The first-order valence-corrected chi connectivity index (χ1v) is 7.97. The predicted octanol–water partition coefficient (Wildman–Crippen LogP) is -0.384. The Kier molecular flexibility index (Phi) is 8.76. The molecule has 1 aromatic carbocycles. The number of rotatable bonds is 6. The van der Waals surface area contributed by atoms with Gasteiger partial charge in [0.05, 0.1) is 12.5 Å². The topological polar surface area (TPSA) is 49.3 Å². The van der Waals surface area contributed by atoms with Gasteiger partial charge in [-0.3, -0.25) is 0 Å². The molecule has 0 saturated carbocycles. The molecular formula is C12H16ClFINO2S. The van der Waals surface area contributed by atoms with E-state index in [4.69, 9.17) is 16.7 Å². The van der Waals surface area contributed by atoms with Gasteiger partial charge in [0, 0.05) is 17.1 Å². The maximum Gasteiger partial charge on any atom is 0.326 e. The van der Waals surface area contributed by atoms with Gasteiger partial charge in [-0.05, 0) is 29.1 Å². The molecule has 0 saturated heterocycles. The normalized spacial score (nSPS) is 11.8. The van der Waals surface area contributed by atoms with E-state index in [9.17, 15) is 9.18 Å². The summed E-state index contributed by atoms with van der Waals surface area (Å²) < 4.78 is 13.1. The van der Waals surface area contributed by atoms with E-state index in [0.717, 1.165) is 5.75 Å². The van der Waals surface area contributed by atoms with Crippen molar-refractivity contribution in [3.05, 3.63) is 29.0 Å². The van der Waals surface area contributed by atoms with E-state index < -0.39 is 17.8 Å². The largest absolute Gasteiger partial charge is 1.00 e. The molecule has 0 spiro atoms. The zero-order valence-corrected chi connectivity index (χ0v) is 14.4. The molecule has 0 aliphatic carbocycles. The summed E-state index contributed by atoms with van der Waals surface area (Å²) in [6, 6.07) is 3.20. The maximum atomic E-state index is 13.1. The third-order valence-electron chi connectivity index (χ3n) is 2.32. The molecule has 0 radical (unpaired) electrons. The van der Waals surface area contributed by atoms with Crippen molar-refractivity contribution >= 4 is 34.2 Å². The number of carboxylic acids is 1. The Morgan fingerprint density at radius 2 is 2.11 bits per heavy atom. The van der Waals surface area contributed by atoms with Gasteiger partial charge in [-0.1, -0.05) is 11.6 Å². The molecule has 1 unspecified atom stereocenters. The minimum atomic E-state index is -0.944. The Morgan fingerprint density at radius 3 is 2.58 bits per heavy atom. The van der Waals surface area contributed by atoms with E-state index in [1.807, 2.05) is 0 Å². The zero-order chi connectivity index (χ0) is 13.7. The molecule has 108 valence electrons. The third-order valence-corrected chi connectivity index (χ3v) is 3.59. The van der Waals surface area contributed by atoms with Gasteiger partial charge < -0.3 is 34.4 Å². The van der Waals surface area contributed by atoms with Crippen LogP contribution in [0.2, 0.25) is 5.02 Å². The average Bonchev–Trinajstić information content (AvgIpc) is 2.22. The quantitative estimate of drug-likeness (QED) is 0.488. The van der Waals surface area contributed by atoms with Crippen molar-refractivity contribution < 1.29 is 38.3 Å². The number of hydrogen-bond donors (Lipinski definition) is 2. The molecule has 0 bridgehead atoms. The molecule has 0 aliphatic rings. The molecule has 0 aromatic heterocycles. The van der Waals surface area contributed by atoms with Gasteiger partial charge in [-0.25, -0.2) is 9.18 Å². The molecule has 0 aliphatic heterocycles. The van der Waals surface area contributed by atoms with E-state index in [1.165, 1.54) is 18.2 Å². The number of nitrogens with one attached hydrogen (secondary N) is 1. The van der Waals surface area contributed by atoms with Crippen molar-refractivity contribution in [3.8, 4) is 0 Å². The van der Waals surface area contributed by atoms with Crippen LogP contribution in [0.1, 0.15) is 6.42 Å². The monoisotopic (exact) mass is 419 g/mol. The summed E-state index contributed by atoms with van der Waals surface area (Å²) in [5.41, 5.74) is 0.388. The van der Waals surface area contributed by atoms with Crippen LogP contribution in [0.3, 0.4) is 0 Å². The van der Waals surface area contributed by atoms with Gasteiger partial charge >= 0.3 is 5.97 Å². The van der Waals surface area contributed by atoms with Crippen LogP contribution >= 0.6 is 11.6 Å². The van der Waals surface area contributed by atoms with Gasteiger partial charge in [-0.2, -0.15) is 0 Å². The number of benzene rings is 1.